The van der Waals surface area contributed by atoms with Crippen molar-refractivity contribution in [1.29, 1.82) is 0 Å². The average Bonchev–Trinajstić information content (AvgIpc) is 2.98. The minimum absolute atomic E-state index is 0.301. The number of hydrogen-bond acceptors (Lipinski definition) is 3. The molecule has 7 heteroatoms. The molecule has 1 N–H and O–H groups in total. The summed E-state index contributed by atoms with van der Waals surface area (Å²) in [5.41, 5.74) is -3.94. The molecule has 19 heavy (non-hydrogen) atoms. The van der Waals surface area contributed by atoms with Gasteiger partial charge in [0, 0.05) is 17.8 Å². The molecule has 0 unspecified atom stereocenters. The van der Waals surface area contributed by atoms with E-state index in [1.54, 1.807) is 20.8 Å². The Kier molecular flexibility index (Phi) is 2.97. The first-order valence-electron chi connectivity index (χ1n) is 6.18. The predicted octanol–water partition coefficient (Wildman–Crippen LogP) is 2.28. The van der Waals surface area contributed by atoms with Crippen LogP contribution >= 0.6 is 0 Å². The van der Waals surface area contributed by atoms with E-state index in [-0.39, 0.29) is 5.92 Å². The van der Waals surface area contributed by atoms with Gasteiger partial charge in [0.15, 0.2) is 5.72 Å². The summed E-state index contributed by atoms with van der Waals surface area (Å²) in [5, 5.41) is 14.6. The first kappa shape index (κ1) is 14.3. The van der Waals surface area contributed by atoms with Gasteiger partial charge in [-0.05, 0) is 12.8 Å². The maximum Gasteiger partial charge on any atom is 0.431 e. The summed E-state index contributed by atoms with van der Waals surface area (Å²) >= 11 is 0. The molecular formula is C12H17F3N2O2. The van der Waals surface area contributed by atoms with Gasteiger partial charge in [0.05, 0.1) is 0 Å². The van der Waals surface area contributed by atoms with Gasteiger partial charge in [0.2, 0.25) is 5.91 Å². The fourth-order valence-corrected chi connectivity index (χ4v) is 2.02. The Morgan fingerprint density at radius 1 is 1.37 bits per heavy atom. The molecule has 1 aliphatic heterocycles. The topological polar surface area (TPSA) is 52.9 Å². The summed E-state index contributed by atoms with van der Waals surface area (Å²) in [5.74, 6) is -0.818. The summed E-state index contributed by atoms with van der Waals surface area (Å²) in [6, 6.07) is 0. The van der Waals surface area contributed by atoms with Crippen LogP contribution in [0.2, 0.25) is 0 Å². The first-order chi connectivity index (χ1) is 8.47. The molecule has 0 saturated heterocycles. The number of hydrogen-bond donors (Lipinski definition) is 1. The highest BCUT2D eigenvalue weighted by Crippen LogP contribution is 2.45. The molecule has 0 aromatic carbocycles. The molecule has 2 aliphatic rings. The second-order valence-corrected chi connectivity index (χ2v) is 6.21. The Bertz CT molecular complexity index is 435. The van der Waals surface area contributed by atoms with E-state index < -0.39 is 35.4 Å². The van der Waals surface area contributed by atoms with E-state index in [1.165, 1.54) is 0 Å². The van der Waals surface area contributed by atoms with Crippen molar-refractivity contribution in [2.75, 3.05) is 0 Å². The molecule has 0 aromatic rings. The molecule has 4 nitrogen and oxygen atoms in total. The maximum atomic E-state index is 12.8. The van der Waals surface area contributed by atoms with E-state index in [9.17, 15) is 23.1 Å². The molecule has 0 radical (unpaired) electrons. The van der Waals surface area contributed by atoms with Gasteiger partial charge in [-0.1, -0.05) is 20.8 Å². The van der Waals surface area contributed by atoms with E-state index in [0.29, 0.717) is 17.9 Å². The molecule has 0 aromatic heterocycles. The van der Waals surface area contributed by atoms with Gasteiger partial charge in [-0.25, -0.2) is 5.01 Å². The Morgan fingerprint density at radius 3 is 2.26 bits per heavy atom. The van der Waals surface area contributed by atoms with Crippen molar-refractivity contribution in [1.82, 2.24) is 5.01 Å². The highest BCUT2D eigenvalue weighted by Gasteiger charge is 2.58. The highest BCUT2D eigenvalue weighted by molar-refractivity contribution is 5.95. The Morgan fingerprint density at radius 2 is 1.89 bits per heavy atom. The summed E-state index contributed by atoms with van der Waals surface area (Å²) in [7, 11) is 0. The summed E-state index contributed by atoms with van der Waals surface area (Å²) in [4.78, 5) is 12.0. The summed E-state index contributed by atoms with van der Waals surface area (Å²) in [6.07, 6.45) is -4.02. The molecule has 108 valence electrons. The van der Waals surface area contributed by atoms with Gasteiger partial charge < -0.3 is 5.11 Å². The average molecular weight is 278 g/mol. The van der Waals surface area contributed by atoms with Crippen LogP contribution in [0.5, 0.6) is 0 Å². The third-order valence-electron chi connectivity index (χ3n) is 3.65. The number of carbonyl (C=O) groups is 1. The highest BCUT2D eigenvalue weighted by atomic mass is 19.4. The second-order valence-electron chi connectivity index (χ2n) is 6.21. The number of rotatable bonds is 1. The Labute approximate surface area is 109 Å². The SMILES string of the molecule is CC(C)(C)[C@@]1(O)CC(C(F)(F)F)=NN1C(=O)C1CC1. The van der Waals surface area contributed by atoms with Crippen LogP contribution in [-0.2, 0) is 4.79 Å². The van der Waals surface area contributed by atoms with Gasteiger partial charge in [-0.15, -0.1) is 0 Å². The molecule has 0 spiro atoms. The monoisotopic (exact) mass is 278 g/mol. The quantitative estimate of drug-likeness (QED) is 0.800. The van der Waals surface area contributed by atoms with Crippen LogP contribution in [-0.4, -0.2) is 33.6 Å². The fraction of sp³-hybridized carbons (Fsp3) is 0.833. The van der Waals surface area contributed by atoms with Gasteiger partial charge >= 0.3 is 6.18 Å². The van der Waals surface area contributed by atoms with Crippen molar-refractivity contribution in [2.45, 2.75) is 51.9 Å². The minimum Gasteiger partial charge on any atom is -0.368 e. The van der Waals surface area contributed by atoms with Gasteiger partial charge in [-0.2, -0.15) is 18.3 Å². The van der Waals surface area contributed by atoms with Crippen LogP contribution in [0.4, 0.5) is 13.2 Å². The molecule has 1 saturated carbocycles. The largest absolute Gasteiger partial charge is 0.431 e. The van der Waals surface area contributed by atoms with Crippen molar-refractivity contribution in [2.24, 2.45) is 16.4 Å². The number of carbonyl (C=O) groups excluding carboxylic acids is 1. The third kappa shape index (κ3) is 2.35. The number of alkyl halides is 3. The Balaban J connectivity index is 2.37. The standard InChI is InChI=1S/C12H17F3N2O2/c1-10(2,3)11(19)6-8(12(13,14)15)16-17(11)9(18)7-4-5-7/h7,19H,4-6H2,1-3H3/t11-/m0/s1. The Hall–Kier alpha value is -1.11. The number of aliphatic hydroxyl groups is 1. The second kappa shape index (κ2) is 3.94. The van der Waals surface area contributed by atoms with E-state index in [4.69, 9.17) is 0 Å². The van der Waals surface area contributed by atoms with Crippen molar-refractivity contribution in [3.63, 3.8) is 0 Å². The molecule has 1 aliphatic carbocycles. The zero-order valence-corrected chi connectivity index (χ0v) is 11.1. The number of nitrogens with zero attached hydrogens (tertiary/aromatic N) is 2. The first-order valence-corrected chi connectivity index (χ1v) is 6.18. The molecule has 1 heterocycles. The van der Waals surface area contributed by atoms with Crippen LogP contribution in [0.15, 0.2) is 5.10 Å². The number of amides is 1. The van der Waals surface area contributed by atoms with Crippen molar-refractivity contribution < 1.29 is 23.1 Å². The molecule has 2 rings (SSSR count). The maximum absolute atomic E-state index is 12.8. The number of halogens is 3. The van der Waals surface area contributed by atoms with Gasteiger partial charge in [0.1, 0.15) is 5.71 Å². The van der Waals surface area contributed by atoms with Crippen LogP contribution in [0.25, 0.3) is 0 Å². The van der Waals surface area contributed by atoms with E-state index in [1.807, 2.05) is 0 Å². The van der Waals surface area contributed by atoms with Crippen LogP contribution < -0.4 is 0 Å². The van der Waals surface area contributed by atoms with Gasteiger partial charge in [0.25, 0.3) is 0 Å². The lowest BCUT2D eigenvalue weighted by Gasteiger charge is -2.41. The number of hydrazone groups is 1. The van der Waals surface area contributed by atoms with E-state index in [2.05, 4.69) is 5.10 Å². The minimum atomic E-state index is -4.63. The summed E-state index contributed by atoms with van der Waals surface area (Å²) < 4.78 is 38.3. The normalized spacial score (nSPS) is 28.6. The zero-order chi connectivity index (χ0) is 14.6. The molecule has 1 fully saturated rings. The summed E-state index contributed by atoms with van der Waals surface area (Å²) in [6.45, 7) is 4.78. The van der Waals surface area contributed by atoms with Crippen LogP contribution in [0.1, 0.15) is 40.0 Å². The van der Waals surface area contributed by atoms with Crippen LogP contribution in [0, 0.1) is 11.3 Å². The predicted molar refractivity (Wildman–Crippen MR) is 62.1 cm³/mol. The third-order valence-corrected chi connectivity index (χ3v) is 3.65. The van der Waals surface area contributed by atoms with Crippen LogP contribution in [0.3, 0.4) is 0 Å². The molecular weight excluding hydrogens is 261 g/mol. The fourth-order valence-electron chi connectivity index (χ4n) is 2.02. The zero-order valence-electron chi connectivity index (χ0n) is 11.1. The molecule has 0 bridgehead atoms. The van der Waals surface area contributed by atoms with Crippen molar-refractivity contribution >= 4 is 11.6 Å². The van der Waals surface area contributed by atoms with E-state index >= 15 is 0 Å². The smallest absolute Gasteiger partial charge is 0.368 e. The lowest BCUT2D eigenvalue weighted by molar-refractivity contribution is -0.183. The van der Waals surface area contributed by atoms with E-state index in [0.717, 1.165) is 0 Å². The molecule has 1 amide bonds. The van der Waals surface area contributed by atoms with Crippen molar-refractivity contribution in [3.05, 3.63) is 0 Å². The molecule has 1 atom stereocenters. The van der Waals surface area contributed by atoms with Gasteiger partial charge in [-0.3, -0.25) is 4.79 Å². The lowest BCUT2D eigenvalue weighted by atomic mass is 9.80. The van der Waals surface area contributed by atoms with Crippen molar-refractivity contribution in [3.8, 4) is 0 Å². The lowest BCUT2D eigenvalue weighted by Crippen LogP contribution is -2.55.